The molecule has 0 heterocycles. The second kappa shape index (κ2) is 13.9. The van der Waals surface area contributed by atoms with E-state index in [0.717, 1.165) is 56.9 Å². The summed E-state index contributed by atoms with van der Waals surface area (Å²) in [5.74, 6) is 0.443. The first-order valence-corrected chi connectivity index (χ1v) is 21.0. The highest BCUT2D eigenvalue weighted by atomic mass is 16.5. The number of aryl methyl sites for hydroxylation is 1. The molecule has 0 spiro atoms. The third-order valence-electron chi connectivity index (χ3n) is 16.6. The molecule has 0 radical (unpaired) electrons. The fourth-order valence-electron chi connectivity index (χ4n) is 13.3. The number of fused-ring (bicyclic) bond motifs is 7. The summed E-state index contributed by atoms with van der Waals surface area (Å²) in [5, 5.41) is 9.62. The molecule has 0 bridgehead atoms. The number of carboxylic acids is 1. The molecular formula is C48H68O6. The number of ketones is 2. The van der Waals surface area contributed by atoms with E-state index in [1.54, 1.807) is 13.8 Å². The van der Waals surface area contributed by atoms with Crippen LogP contribution < -0.4 is 0 Å². The maximum Gasteiger partial charge on any atom is 0.309 e. The van der Waals surface area contributed by atoms with Crippen LogP contribution in [-0.2, 0) is 23.9 Å². The Balaban J connectivity index is 1.26. The van der Waals surface area contributed by atoms with Crippen molar-refractivity contribution in [3.05, 3.63) is 58.7 Å². The van der Waals surface area contributed by atoms with Gasteiger partial charge in [-0.15, -0.1) is 0 Å². The van der Waals surface area contributed by atoms with E-state index in [1.807, 2.05) is 6.08 Å². The van der Waals surface area contributed by atoms with Crippen molar-refractivity contribution in [1.29, 1.82) is 0 Å². The summed E-state index contributed by atoms with van der Waals surface area (Å²) < 4.78 is 6.17. The van der Waals surface area contributed by atoms with E-state index in [4.69, 9.17) is 4.74 Å². The van der Waals surface area contributed by atoms with Crippen LogP contribution in [0.25, 0.3) is 0 Å². The molecule has 5 aliphatic carbocycles. The Labute approximate surface area is 325 Å². The molecule has 1 aromatic rings. The van der Waals surface area contributed by atoms with E-state index in [1.165, 1.54) is 16.7 Å². The number of Topliss-reactive ketones (excluding diaryl/α,β-unsaturated/α-hetero) is 1. The Hall–Kier alpha value is -3.02. The summed E-state index contributed by atoms with van der Waals surface area (Å²) in [4.78, 5) is 52.5. The smallest absolute Gasteiger partial charge is 0.309 e. The van der Waals surface area contributed by atoms with Crippen LogP contribution in [0.3, 0.4) is 0 Å². The first-order valence-electron chi connectivity index (χ1n) is 21.0. The van der Waals surface area contributed by atoms with Crippen LogP contribution in [0.15, 0.2) is 47.6 Å². The molecule has 0 aliphatic heterocycles. The summed E-state index contributed by atoms with van der Waals surface area (Å²) in [5.41, 5.74) is 3.16. The predicted octanol–water partition coefficient (Wildman–Crippen LogP) is 11.0. The van der Waals surface area contributed by atoms with Gasteiger partial charge in [-0.1, -0.05) is 91.3 Å². The quantitative estimate of drug-likeness (QED) is 0.189. The van der Waals surface area contributed by atoms with Crippen LogP contribution in [0, 0.1) is 63.1 Å². The Morgan fingerprint density at radius 1 is 0.889 bits per heavy atom. The van der Waals surface area contributed by atoms with Crippen LogP contribution in [0.5, 0.6) is 0 Å². The molecule has 0 amide bonds. The fourth-order valence-corrected chi connectivity index (χ4v) is 13.3. The molecule has 6 nitrogen and oxygen atoms in total. The molecule has 0 unspecified atom stereocenters. The maximum absolute atomic E-state index is 14.0. The van der Waals surface area contributed by atoms with Gasteiger partial charge in [-0.05, 0) is 141 Å². The van der Waals surface area contributed by atoms with Crippen molar-refractivity contribution in [1.82, 2.24) is 0 Å². The van der Waals surface area contributed by atoms with Crippen molar-refractivity contribution in [3.8, 4) is 0 Å². The van der Waals surface area contributed by atoms with Gasteiger partial charge in [0.25, 0.3) is 0 Å². The van der Waals surface area contributed by atoms with Crippen molar-refractivity contribution in [2.75, 3.05) is 0 Å². The number of carbonyl (C=O) groups is 4. The maximum atomic E-state index is 14.0. The van der Waals surface area contributed by atoms with Crippen molar-refractivity contribution >= 4 is 23.5 Å². The van der Waals surface area contributed by atoms with E-state index in [-0.39, 0.29) is 63.0 Å². The molecular weight excluding hydrogens is 673 g/mol. The summed E-state index contributed by atoms with van der Waals surface area (Å²) >= 11 is 0. The van der Waals surface area contributed by atoms with Gasteiger partial charge in [0.05, 0.1) is 11.8 Å². The summed E-state index contributed by atoms with van der Waals surface area (Å²) in [6, 6.07) is 8.47. The van der Waals surface area contributed by atoms with Gasteiger partial charge in [0.1, 0.15) is 6.10 Å². The number of hydrogen-bond acceptors (Lipinski definition) is 5. The lowest BCUT2D eigenvalue weighted by atomic mass is 9.33. The first kappa shape index (κ1) is 40.6. The van der Waals surface area contributed by atoms with Crippen LogP contribution in [0.4, 0.5) is 0 Å². The molecule has 296 valence electrons. The Morgan fingerprint density at radius 3 is 2.19 bits per heavy atom. The topological polar surface area (TPSA) is 97.7 Å². The largest absolute Gasteiger partial charge is 0.481 e. The van der Waals surface area contributed by atoms with Crippen LogP contribution >= 0.6 is 0 Å². The van der Waals surface area contributed by atoms with Crippen molar-refractivity contribution in [3.63, 3.8) is 0 Å². The zero-order valence-electron chi connectivity index (χ0n) is 35.2. The van der Waals surface area contributed by atoms with Crippen LogP contribution in [0.2, 0.25) is 0 Å². The van der Waals surface area contributed by atoms with Crippen LogP contribution in [0.1, 0.15) is 157 Å². The van der Waals surface area contributed by atoms with E-state index in [2.05, 4.69) is 92.7 Å². The molecule has 54 heavy (non-hydrogen) atoms. The van der Waals surface area contributed by atoms with Gasteiger partial charge in [0.2, 0.25) is 0 Å². The molecule has 6 rings (SSSR count). The standard InChI is InChI=1S/C48H68O6/c1-29(2)40-35(50)27-48(23-18-33(49)26-31(4)32-14-12-30(3)13-15-32)25-24-46(10)34(41(40)48)16-17-37-45(9)21-20-38(54-39(51)28-43(5,6)42(52)53)44(7,8)36(45)19-22-47(37,46)11/h12-15,18,23,29,31,34,36-38H,16-17,19-22,24-28H2,1-11H3,(H,52,53)/b23-18+/t31-,34-,36+,37-,38+,45+,46-,47-,48+/m1/s1. The number of esters is 1. The molecule has 4 fully saturated rings. The minimum absolute atomic E-state index is 0.0150. The van der Waals surface area contributed by atoms with Gasteiger partial charge in [-0.25, -0.2) is 0 Å². The molecule has 0 saturated heterocycles. The van der Waals surface area contributed by atoms with Crippen molar-refractivity contribution in [2.24, 2.45) is 56.2 Å². The SMILES string of the molecule is Cc1ccc([C@H](C)CC(=O)/C=C/[C@@]23CC[C@]4(C)[C@H](CC[C@@H]5[C@@]6(C)CC[C@H](OC(=O)CC(C)(C)C(=O)O)C(C)(C)[C@@H]6CC[C@]54C)C2=C(C(C)C)C(=O)C3)cc1. The summed E-state index contributed by atoms with van der Waals surface area (Å²) in [6.07, 6.45) is 12.6. The Kier molecular flexibility index (Phi) is 10.4. The molecule has 6 heteroatoms. The number of aliphatic carboxylic acids is 1. The lowest BCUT2D eigenvalue weighted by molar-refractivity contribution is -0.232. The fraction of sp³-hybridized carbons (Fsp3) is 0.708. The van der Waals surface area contributed by atoms with Crippen LogP contribution in [-0.4, -0.2) is 34.7 Å². The second-order valence-electron chi connectivity index (χ2n) is 20.9. The zero-order chi connectivity index (χ0) is 39.8. The highest BCUT2D eigenvalue weighted by molar-refractivity contribution is 6.01. The molecule has 5 aliphatic rings. The monoisotopic (exact) mass is 741 g/mol. The van der Waals surface area contributed by atoms with Crippen molar-refractivity contribution in [2.45, 2.75) is 159 Å². The third kappa shape index (κ3) is 6.47. The minimum atomic E-state index is -1.16. The summed E-state index contributed by atoms with van der Waals surface area (Å²) in [6.45, 7) is 23.9. The van der Waals surface area contributed by atoms with Gasteiger partial charge < -0.3 is 9.84 Å². The van der Waals surface area contributed by atoms with Gasteiger partial charge in [0, 0.05) is 23.7 Å². The average molecular weight is 741 g/mol. The molecule has 1 aromatic carbocycles. The number of allylic oxidation sites excluding steroid dienone is 4. The number of ether oxygens (including phenoxy) is 1. The molecule has 1 N–H and O–H groups in total. The minimum Gasteiger partial charge on any atom is -0.481 e. The Bertz CT molecular complexity index is 1740. The second-order valence-corrected chi connectivity index (χ2v) is 20.9. The molecule has 9 atom stereocenters. The van der Waals surface area contributed by atoms with Gasteiger partial charge in [0.15, 0.2) is 11.6 Å². The van der Waals surface area contributed by atoms with Crippen molar-refractivity contribution < 1.29 is 29.0 Å². The zero-order valence-corrected chi connectivity index (χ0v) is 35.2. The number of benzene rings is 1. The Morgan fingerprint density at radius 2 is 1.56 bits per heavy atom. The van der Waals surface area contributed by atoms with E-state index >= 15 is 0 Å². The lowest BCUT2D eigenvalue weighted by Crippen LogP contribution is -2.65. The van der Waals surface area contributed by atoms with E-state index in [0.29, 0.717) is 30.6 Å². The molecule has 0 aromatic heterocycles. The van der Waals surface area contributed by atoms with E-state index < -0.39 is 17.4 Å². The van der Waals surface area contributed by atoms with Gasteiger partial charge in [-0.2, -0.15) is 0 Å². The van der Waals surface area contributed by atoms with Gasteiger partial charge in [-0.3, -0.25) is 19.2 Å². The lowest BCUT2D eigenvalue weighted by Gasteiger charge is -2.72. The number of carboxylic acid groups (broad SMARTS) is 1. The number of rotatable bonds is 10. The third-order valence-corrected chi connectivity index (χ3v) is 16.6. The first-order chi connectivity index (χ1) is 25.0. The van der Waals surface area contributed by atoms with Gasteiger partial charge >= 0.3 is 11.9 Å². The summed E-state index contributed by atoms with van der Waals surface area (Å²) in [7, 11) is 0. The number of hydrogen-bond donors (Lipinski definition) is 1. The number of carbonyl (C=O) groups excluding carboxylic acids is 3. The predicted molar refractivity (Wildman–Crippen MR) is 214 cm³/mol. The highest BCUT2D eigenvalue weighted by Crippen LogP contribution is 2.77. The normalized spacial score (nSPS) is 36.6. The van der Waals surface area contributed by atoms with E-state index in [9.17, 15) is 24.3 Å². The highest BCUT2D eigenvalue weighted by Gasteiger charge is 2.70. The average Bonchev–Trinajstić information content (AvgIpc) is 3.37. The molecule has 4 saturated carbocycles.